The molecule has 1 heterocycles. The lowest BCUT2D eigenvalue weighted by Gasteiger charge is -2.39. The van der Waals surface area contributed by atoms with Crippen LogP contribution in [0.4, 0.5) is 4.39 Å². The molecule has 0 aromatic heterocycles. The van der Waals surface area contributed by atoms with Crippen LogP contribution in [0.2, 0.25) is 5.02 Å². The van der Waals surface area contributed by atoms with Crippen LogP contribution >= 0.6 is 11.6 Å². The smallest absolute Gasteiger partial charge is 0.303 e. The number of benzene rings is 2. The Morgan fingerprint density at radius 2 is 1.94 bits per heavy atom. The Balaban J connectivity index is 1.53. The Morgan fingerprint density at radius 3 is 2.61 bits per heavy atom. The van der Waals surface area contributed by atoms with Gasteiger partial charge in [-0.2, -0.15) is 0 Å². The average molecular weight is 449 g/mol. The summed E-state index contributed by atoms with van der Waals surface area (Å²) >= 11 is 6.01. The first kappa shape index (κ1) is 23.0. The van der Waals surface area contributed by atoms with Gasteiger partial charge in [-0.25, -0.2) is 4.39 Å². The van der Waals surface area contributed by atoms with Crippen molar-refractivity contribution in [2.45, 2.75) is 32.4 Å². The van der Waals surface area contributed by atoms with E-state index in [0.717, 1.165) is 12.1 Å². The second-order valence-corrected chi connectivity index (χ2v) is 8.17. The maximum atomic E-state index is 13.1. The van der Waals surface area contributed by atoms with Crippen molar-refractivity contribution < 1.29 is 23.8 Å². The van der Waals surface area contributed by atoms with Crippen molar-refractivity contribution in [3.05, 3.63) is 64.4 Å². The van der Waals surface area contributed by atoms with Crippen LogP contribution in [0.3, 0.4) is 0 Å². The number of carboxylic acid groups (broad SMARTS) is 1. The van der Waals surface area contributed by atoms with Gasteiger partial charge in [-0.15, -0.1) is 0 Å². The predicted molar refractivity (Wildman–Crippen MR) is 116 cm³/mol. The molecule has 1 aliphatic heterocycles. The number of carboxylic acids is 1. The fraction of sp³-hybridized carbons (Fsp3) is 0.391. The van der Waals surface area contributed by atoms with Crippen LogP contribution in [-0.4, -0.2) is 59.1 Å². The van der Waals surface area contributed by atoms with Crippen molar-refractivity contribution in [1.82, 2.24) is 9.80 Å². The van der Waals surface area contributed by atoms with Gasteiger partial charge in [-0.05, 0) is 54.8 Å². The number of nitrogens with zero attached hydrogens (tertiary/aromatic N) is 2. The normalized spacial score (nSPS) is 16.9. The van der Waals surface area contributed by atoms with E-state index >= 15 is 0 Å². The van der Waals surface area contributed by atoms with Crippen molar-refractivity contribution in [1.29, 1.82) is 0 Å². The summed E-state index contributed by atoms with van der Waals surface area (Å²) in [6, 6.07) is 11.5. The Labute approximate surface area is 186 Å². The number of aliphatic carboxylic acids is 1. The van der Waals surface area contributed by atoms with E-state index < -0.39 is 5.97 Å². The van der Waals surface area contributed by atoms with Crippen molar-refractivity contribution in [3.63, 3.8) is 0 Å². The third-order valence-corrected chi connectivity index (χ3v) is 5.57. The maximum absolute atomic E-state index is 13.1. The van der Waals surface area contributed by atoms with Gasteiger partial charge in [0.05, 0.1) is 0 Å². The molecule has 0 aliphatic carbocycles. The molecule has 2 aromatic rings. The van der Waals surface area contributed by atoms with Gasteiger partial charge in [0.2, 0.25) is 0 Å². The summed E-state index contributed by atoms with van der Waals surface area (Å²) < 4.78 is 18.8. The molecule has 0 spiro atoms. The van der Waals surface area contributed by atoms with Gasteiger partial charge in [-0.3, -0.25) is 14.5 Å². The lowest BCUT2D eigenvalue weighted by atomic mass is 10.1. The number of aryl methyl sites for hydroxylation is 1. The fourth-order valence-electron chi connectivity index (χ4n) is 3.74. The molecule has 0 saturated carbocycles. The van der Waals surface area contributed by atoms with Gasteiger partial charge < -0.3 is 14.7 Å². The lowest BCUT2D eigenvalue weighted by Crippen LogP contribution is -2.54. The second kappa shape index (κ2) is 10.6. The molecule has 2 aromatic carbocycles. The summed E-state index contributed by atoms with van der Waals surface area (Å²) in [6.45, 7) is 4.60. The van der Waals surface area contributed by atoms with E-state index in [2.05, 4.69) is 4.90 Å². The van der Waals surface area contributed by atoms with E-state index in [4.69, 9.17) is 21.4 Å². The molecule has 8 heteroatoms. The monoisotopic (exact) mass is 448 g/mol. The molecule has 1 fully saturated rings. The van der Waals surface area contributed by atoms with Crippen molar-refractivity contribution in [3.8, 4) is 5.75 Å². The molecule has 1 amide bonds. The summed E-state index contributed by atoms with van der Waals surface area (Å²) in [5.41, 5.74) is 1.70. The van der Waals surface area contributed by atoms with E-state index in [-0.39, 0.29) is 37.2 Å². The molecule has 0 unspecified atom stereocenters. The zero-order valence-corrected chi connectivity index (χ0v) is 18.1. The number of ether oxygens (including phenoxy) is 1. The van der Waals surface area contributed by atoms with Crippen LogP contribution in [-0.2, 0) is 22.6 Å². The van der Waals surface area contributed by atoms with E-state index in [0.29, 0.717) is 36.0 Å². The van der Waals surface area contributed by atoms with Gasteiger partial charge in [-0.1, -0.05) is 23.7 Å². The minimum Gasteiger partial charge on any atom is -0.483 e. The quantitative estimate of drug-likeness (QED) is 0.668. The van der Waals surface area contributed by atoms with Crippen molar-refractivity contribution >= 4 is 23.5 Å². The number of amides is 1. The molecule has 6 nitrogen and oxygen atoms in total. The summed E-state index contributed by atoms with van der Waals surface area (Å²) in [7, 11) is 0. The Kier molecular flexibility index (Phi) is 7.87. The van der Waals surface area contributed by atoms with Crippen LogP contribution in [0.5, 0.6) is 5.75 Å². The number of carbonyl (C=O) groups is 2. The molecular weight excluding hydrogens is 423 g/mol. The third kappa shape index (κ3) is 6.67. The topological polar surface area (TPSA) is 70.1 Å². The number of carbonyl (C=O) groups excluding carboxylic acids is 1. The summed E-state index contributed by atoms with van der Waals surface area (Å²) in [4.78, 5) is 27.7. The highest BCUT2D eigenvalue weighted by atomic mass is 35.5. The summed E-state index contributed by atoms with van der Waals surface area (Å²) in [5.74, 6) is -0.802. The predicted octanol–water partition coefficient (Wildman–Crippen LogP) is 3.61. The number of rotatable bonds is 8. The number of hydrogen-bond acceptors (Lipinski definition) is 4. The molecular formula is C23H26ClFN2O4. The van der Waals surface area contributed by atoms with Crippen molar-refractivity contribution in [2.24, 2.45) is 0 Å². The molecule has 1 aliphatic rings. The minimum absolute atomic E-state index is 0.0157. The Bertz CT molecular complexity index is 922. The summed E-state index contributed by atoms with van der Waals surface area (Å²) in [5, 5.41) is 9.41. The first-order chi connectivity index (χ1) is 14.8. The van der Waals surface area contributed by atoms with Crippen LogP contribution < -0.4 is 4.74 Å². The molecule has 31 heavy (non-hydrogen) atoms. The van der Waals surface area contributed by atoms with E-state index in [1.807, 2.05) is 6.92 Å². The number of hydrogen-bond donors (Lipinski definition) is 1. The molecule has 1 N–H and O–H groups in total. The fourth-order valence-corrected chi connectivity index (χ4v) is 3.94. The molecule has 0 radical (unpaired) electrons. The van der Waals surface area contributed by atoms with E-state index in [9.17, 15) is 14.0 Å². The SMILES string of the molecule is C[C@@H]1CN(Cc2ccc(F)cc2)CCN1C(=O)COc1ccc(Cl)cc1CCC(=O)O. The molecule has 166 valence electrons. The number of piperazine rings is 1. The van der Waals surface area contributed by atoms with E-state index in [1.54, 1.807) is 35.2 Å². The van der Waals surface area contributed by atoms with Gasteiger partial charge in [0, 0.05) is 43.7 Å². The van der Waals surface area contributed by atoms with Crippen LogP contribution in [0, 0.1) is 5.82 Å². The minimum atomic E-state index is -0.908. The van der Waals surface area contributed by atoms with Crippen molar-refractivity contribution in [2.75, 3.05) is 26.2 Å². The first-order valence-corrected chi connectivity index (χ1v) is 10.6. The zero-order chi connectivity index (χ0) is 22.4. The largest absolute Gasteiger partial charge is 0.483 e. The average Bonchev–Trinajstić information content (AvgIpc) is 2.73. The molecule has 0 bridgehead atoms. The van der Waals surface area contributed by atoms with Gasteiger partial charge in [0.15, 0.2) is 6.61 Å². The second-order valence-electron chi connectivity index (χ2n) is 7.73. The molecule has 3 rings (SSSR count). The van der Waals surface area contributed by atoms with Gasteiger partial charge in [0.1, 0.15) is 11.6 Å². The third-order valence-electron chi connectivity index (χ3n) is 5.33. The molecule has 1 saturated heterocycles. The lowest BCUT2D eigenvalue weighted by molar-refractivity contribution is -0.138. The standard InChI is InChI=1S/C23H26ClFN2O4/c1-16-13-26(14-17-2-6-20(25)7-3-17)10-11-27(16)22(28)15-31-21-8-5-19(24)12-18(21)4-9-23(29)30/h2-3,5-8,12,16H,4,9-11,13-15H2,1H3,(H,29,30)/t16-/m1/s1. The van der Waals surface area contributed by atoms with Crippen LogP contribution in [0.25, 0.3) is 0 Å². The first-order valence-electron chi connectivity index (χ1n) is 10.2. The van der Waals surface area contributed by atoms with Crippen LogP contribution in [0.15, 0.2) is 42.5 Å². The maximum Gasteiger partial charge on any atom is 0.303 e. The Morgan fingerprint density at radius 1 is 1.19 bits per heavy atom. The zero-order valence-electron chi connectivity index (χ0n) is 17.4. The number of halogens is 2. The summed E-state index contributed by atoms with van der Waals surface area (Å²) in [6.07, 6.45) is 0.232. The highest BCUT2D eigenvalue weighted by Crippen LogP contribution is 2.24. The van der Waals surface area contributed by atoms with Gasteiger partial charge >= 0.3 is 5.97 Å². The Hall–Kier alpha value is -2.64. The highest BCUT2D eigenvalue weighted by Gasteiger charge is 2.27. The highest BCUT2D eigenvalue weighted by molar-refractivity contribution is 6.30. The van der Waals surface area contributed by atoms with Gasteiger partial charge in [0.25, 0.3) is 5.91 Å². The van der Waals surface area contributed by atoms with Crippen LogP contribution in [0.1, 0.15) is 24.5 Å². The van der Waals surface area contributed by atoms with E-state index in [1.165, 1.54) is 12.1 Å². The molecule has 1 atom stereocenters.